The van der Waals surface area contributed by atoms with Crippen LogP contribution in [0.1, 0.15) is 88.0 Å². The maximum absolute atomic E-state index is 14.6. The smallest absolute Gasteiger partial charge is 0.408 e. The predicted molar refractivity (Wildman–Crippen MR) is 196 cm³/mol. The van der Waals surface area contributed by atoms with Crippen LogP contribution in [0, 0.1) is 23.5 Å². The Kier molecular flexibility index (Phi) is 10.2. The molecule has 0 radical (unpaired) electrons. The summed E-state index contributed by atoms with van der Waals surface area (Å²) in [7, 11) is -3.63. The van der Waals surface area contributed by atoms with Crippen molar-refractivity contribution in [3.63, 3.8) is 0 Å². The molecule has 2 aliphatic carbocycles. The fourth-order valence-electron chi connectivity index (χ4n) is 6.84. The van der Waals surface area contributed by atoms with E-state index in [0.717, 1.165) is 12.1 Å². The summed E-state index contributed by atoms with van der Waals surface area (Å²) in [5.74, 6) is 3.93. The van der Waals surface area contributed by atoms with E-state index >= 15 is 0 Å². The second kappa shape index (κ2) is 14.0. The first-order valence-electron chi connectivity index (χ1n) is 17.3. The molecule has 6 rings (SSSR count). The summed E-state index contributed by atoms with van der Waals surface area (Å²) in [6.45, 7) is 6.46. The highest BCUT2D eigenvalue weighted by Gasteiger charge is 2.45. The van der Waals surface area contributed by atoms with Crippen LogP contribution in [0.25, 0.3) is 22.0 Å². The molecule has 288 valence electrons. The summed E-state index contributed by atoms with van der Waals surface area (Å²) >= 11 is 6.52. The van der Waals surface area contributed by atoms with Crippen LogP contribution < -0.4 is 11.1 Å². The molecule has 1 fully saturated rings. The number of sulfone groups is 1. The van der Waals surface area contributed by atoms with Crippen LogP contribution in [0.3, 0.4) is 0 Å². The number of ether oxygens (including phenoxy) is 1. The van der Waals surface area contributed by atoms with Gasteiger partial charge in [-0.2, -0.15) is 18.3 Å². The molecule has 0 bridgehead atoms. The number of benzene rings is 2. The van der Waals surface area contributed by atoms with Crippen LogP contribution in [0.2, 0.25) is 5.02 Å². The minimum absolute atomic E-state index is 0.0437. The van der Waals surface area contributed by atoms with Crippen molar-refractivity contribution in [2.45, 2.75) is 108 Å². The van der Waals surface area contributed by atoms with E-state index in [1.54, 1.807) is 20.8 Å². The van der Waals surface area contributed by atoms with Crippen LogP contribution in [0.4, 0.5) is 32.6 Å². The number of aromatic nitrogens is 3. The highest BCUT2D eigenvalue weighted by atomic mass is 35.5. The van der Waals surface area contributed by atoms with Gasteiger partial charge in [0.15, 0.2) is 15.7 Å². The number of alkyl halides is 3. The molecule has 0 unspecified atom stereocenters. The summed E-state index contributed by atoms with van der Waals surface area (Å²) in [6, 6.07) is 4.64. The molecule has 2 aromatic carbocycles. The molecule has 3 N–H and O–H groups in total. The largest absolute Gasteiger partial charge is 0.444 e. The number of nitrogen functional groups attached to an aromatic ring is 1. The van der Waals surface area contributed by atoms with E-state index in [0.29, 0.717) is 59.5 Å². The van der Waals surface area contributed by atoms with E-state index in [1.807, 2.05) is 0 Å². The number of halogens is 6. The van der Waals surface area contributed by atoms with Gasteiger partial charge in [-0.3, -0.25) is 4.68 Å². The number of amides is 1. The maximum Gasteiger partial charge on any atom is 0.408 e. The van der Waals surface area contributed by atoms with E-state index in [4.69, 9.17) is 27.1 Å². The van der Waals surface area contributed by atoms with Gasteiger partial charge in [-0.1, -0.05) is 23.6 Å². The Morgan fingerprint density at radius 1 is 1.07 bits per heavy atom. The molecule has 0 aliphatic heterocycles. The Balaban J connectivity index is 1.67. The topological polar surface area (TPSA) is 129 Å². The number of carbonyl (C=O) groups is 1. The third kappa shape index (κ3) is 8.15. The Bertz CT molecular complexity index is 2320. The van der Waals surface area contributed by atoms with Gasteiger partial charge in [-0.15, -0.1) is 0 Å². The molecule has 4 aromatic rings. The second-order valence-electron chi connectivity index (χ2n) is 15.2. The first kappa shape index (κ1) is 39.3. The number of pyridine rings is 1. The van der Waals surface area contributed by atoms with Gasteiger partial charge in [0.05, 0.1) is 32.9 Å². The molecular formula is C38H39ClF5N5O4S. The lowest BCUT2D eigenvalue weighted by molar-refractivity contribution is -0.141. The molecular weight excluding hydrogens is 753 g/mol. The molecule has 2 aromatic heterocycles. The zero-order valence-corrected chi connectivity index (χ0v) is 31.8. The van der Waals surface area contributed by atoms with Crippen molar-refractivity contribution in [2.75, 3.05) is 5.73 Å². The lowest BCUT2D eigenvalue weighted by Crippen LogP contribution is -2.36. The van der Waals surface area contributed by atoms with E-state index in [1.165, 1.54) is 26.0 Å². The van der Waals surface area contributed by atoms with Crippen LogP contribution in [-0.4, -0.2) is 51.0 Å². The fraction of sp³-hybridized carbons (Fsp3) is 0.447. The van der Waals surface area contributed by atoms with Crippen LogP contribution in [0.15, 0.2) is 30.3 Å². The molecule has 2 heterocycles. The molecule has 1 atom stereocenters. The Labute approximate surface area is 314 Å². The summed E-state index contributed by atoms with van der Waals surface area (Å²) < 4.78 is 102. The van der Waals surface area contributed by atoms with E-state index in [2.05, 4.69) is 22.3 Å². The zero-order chi connectivity index (χ0) is 39.5. The Morgan fingerprint density at radius 2 is 1.72 bits per heavy atom. The molecule has 54 heavy (non-hydrogen) atoms. The minimum atomic E-state index is -4.71. The molecule has 1 amide bonds. The number of nitrogens with zero attached hydrogens (tertiary/aromatic N) is 3. The summed E-state index contributed by atoms with van der Waals surface area (Å²) in [6.07, 6.45) is -3.33. The number of rotatable bonds is 8. The van der Waals surface area contributed by atoms with Crippen molar-refractivity contribution in [3.8, 4) is 23.0 Å². The maximum atomic E-state index is 14.6. The number of fused-ring (bicyclic) bond motifs is 2. The van der Waals surface area contributed by atoms with Crippen LogP contribution in [-0.2, 0) is 40.4 Å². The number of hydrogen-bond acceptors (Lipinski definition) is 7. The molecule has 0 saturated heterocycles. The number of carbonyl (C=O) groups excluding carboxylic acids is 1. The van der Waals surface area contributed by atoms with Crippen LogP contribution >= 0.6 is 11.6 Å². The van der Waals surface area contributed by atoms with Crippen molar-refractivity contribution in [3.05, 3.63) is 75.1 Å². The Morgan fingerprint density at radius 3 is 2.33 bits per heavy atom. The van der Waals surface area contributed by atoms with Gasteiger partial charge >= 0.3 is 12.3 Å². The van der Waals surface area contributed by atoms with Crippen molar-refractivity contribution < 1.29 is 39.9 Å². The number of hydrogen-bond donors (Lipinski definition) is 2. The lowest BCUT2D eigenvalue weighted by atomic mass is 9.88. The fourth-order valence-corrected chi connectivity index (χ4v) is 8.87. The van der Waals surface area contributed by atoms with Gasteiger partial charge in [-0.25, -0.2) is 27.0 Å². The quantitative estimate of drug-likeness (QED) is 0.136. The first-order valence-corrected chi connectivity index (χ1v) is 19.3. The van der Waals surface area contributed by atoms with E-state index < -0.39 is 61.9 Å². The average molecular weight is 792 g/mol. The predicted octanol–water partition coefficient (Wildman–Crippen LogP) is 8.18. The first-order chi connectivity index (χ1) is 25.0. The highest BCUT2D eigenvalue weighted by molar-refractivity contribution is 7.93. The van der Waals surface area contributed by atoms with Crippen molar-refractivity contribution in [1.82, 2.24) is 20.1 Å². The van der Waals surface area contributed by atoms with E-state index in [-0.39, 0.29) is 50.7 Å². The summed E-state index contributed by atoms with van der Waals surface area (Å²) in [5.41, 5.74) is 7.37. The standard InChI is InChI=1S/C38H39ClF5N5O4S/c1-36(2,3)53-35(50)47-29(17-20-15-21(40)18-22(41)16-20)32-30(26-11-12-27(39)31-33(26)49(48-34(31)45)19-38(42,43)44)25-8-6-7-24(25)28(46-32)13-14-37(4,5)54(51,52)23-9-10-23/h11-12,15-16,18,23,29H,6-10,17,19H2,1-5H3,(H2,45,48)(H,47,50)/t29-/m0/s1. The third-order valence-corrected chi connectivity index (χ3v) is 12.5. The number of alkyl carbamates (subject to hydrolysis) is 1. The molecule has 16 heteroatoms. The monoisotopic (exact) mass is 791 g/mol. The normalized spacial score (nSPS) is 15.5. The molecule has 1 saturated carbocycles. The summed E-state index contributed by atoms with van der Waals surface area (Å²) in [5, 5.41) is 6.40. The molecule has 9 nitrogen and oxygen atoms in total. The van der Waals surface area contributed by atoms with Gasteiger partial charge in [0.25, 0.3) is 0 Å². The van der Waals surface area contributed by atoms with Gasteiger partial charge in [0.1, 0.15) is 34.2 Å². The van der Waals surface area contributed by atoms with Crippen molar-refractivity contribution in [1.29, 1.82) is 0 Å². The van der Waals surface area contributed by atoms with Crippen molar-refractivity contribution in [2.24, 2.45) is 0 Å². The zero-order valence-electron chi connectivity index (χ0n) is 30.2. The lowest BCUT2D eigenvalue weighted by Gasteiger charge is -2.27. The SMILES string of the molecule is CC(C)(C)OC(=O)N[C@@H](Cc1cc(F)cc(F)c1)c1nc(C#CC(C)(C)S(=O)(=O)C2CC2)c2c(c1-c1ccc(Cl)c3c(N)nn(CC(F)(F)F)c13)CCC2. The van der Waals surface area contributed by atoms with Gasteiger partial charge < -0.3 is 15.8 Å². The average Bonchev–Trinajstić information content (AvgIpc) is 3.69. The van der Waals surface area contributed by atoms with Gasteiger partial charge in [-0.05, 0) is 114 Å². The number of anilines is 1. The van der Waals surface area contributed by atoms with Gasteiger partial charge in [0.2, 0.25) is 0 Å². The second-order valence-corrected chi connectivity index (χ2v) is 18.4. The van der Waals surface area contributed by atoms with Crippen LogP contribution in [0.5, 0.6) is 0 Å². The van der Waals surface area contributed by atoms with Crippen molar-refractivity contribution >= 4 is 44.3 Å². The molecule has 2 aliphatic rings. The number of nitrogens with one attached hydrogen (secondary N) is 1. The van der Waals surface area contributed by atoms with E-state index in [9.17, 15) is 35.2 Å². The molecule has 0 spiro atoms. The third-order valence-electron chi connectivity index (χ3n) is 9.30. The van der Waals surface area contributed by atoms with Gasteiger partial charge in [0, 0.05) is 17.2 Å². The Hall–Kier alpha value is -4.42. The highest BCUT2D eigenvalue weighted by Crippen LogP contribution is 2.45. The summed E-state index contributed by atoms with van der Waals surface area (Å²) in [4.78, 5) is 18.4. The minimum Gasteiger partial charge on any atom is -0.444 e. The number of nitrogens with two attached hydrogens (primary N) is 1.